The van der Waals surface area contributed by atoms with Crippen LogP contribution in [0.1, 0.15) is 15.5 Å². The number of esters is 1. The number of carbonyl (C=O) groups excluding carboxylic acids is 1. The molecule has 0 aliphatic heterocycles. The molecule has 8 nitrogen and oxygen atoms in total. The summed E-state index contributed by atoms with van der Waals surface area (Å²) in [7, 11) is -2.61. The lowest BCUT2D eigenvalue weighted by Gasteiger charge is -2.05. The van der Waals surface area contributed by atoms with Gasteiger partial charge in [-0.15, -0.1) is 11.3 Å². The fourth-order valence-electron chi connectivity index (χ4n) is 1.31. The van der Waals surface area contributed by atoms with Crippen molar-refractivity contribution in [1.82, 2.24) is 19.9 Å². The van der Waals surface area contributed by atoms with Gasteiger partial charge in [-0.1, -0.05) is 0 Å². The molecule has 102 valence electrons. The molecule has 2 N–H and O–H groups in total. The van der Waals surface area contributed by atoms with Gasteiger partial charge in [0.1, 0.15) is 21.9 Å². The molecule has 2 aromatic heterocycles. The zero-order valence-electron chi connectivity index (χ0n) is 9.78. The molecule has 0 bridgehead atoms. The van der Waals surface area contributed by atoms with Crippen molar-refractivity contribution in [2.24, 2.45) is 0 Å². The Labute approximate surface area is 112 Å². The minimum absolute atomic E-state index is 0.0348. The third-order valence-corrected chi connectivity index (χ3v) is 4.65. The number of ether oxygens (including phenoxy) is 1. The number of rotatable bonds is 5. The van der Waals surface area contributed by atoms with E-state index >= 15 is 0 Å². The monoisotopic (exact) mass is 302 g/mol. The zero-order valence-corrected chi connectivity index (χ0v) is 11.4. The molecule has 2 aromatic rings. The summed E-state index contributed by atoms with van der Waals surface area (Å²) >= 11 is 1.00. The van der Waals surface area contributed by atoms with Gasteiger partial charge in [0.2, 0.25) is 10.0 Å². The van der Waals surface area contributed by atoms with E-state index in [2.05, 4.69) is 24.6 Å². The molecule has 0 aliphatic carbocycles. The second-order valence-corrected chi connectivity index (χ2v) is 6.01. The lowest BCUT2D eigenvalue weighted by atomic mass is 10.5. The number of carbonyl (C=O) groups is 1. The minimum atomic E-state index is -3.81. The normalized spacial score (nSPS) is 11.4. The lowest BCUT2D eigenvalue weighted by molar-refractivity contribution is 0.0602. The van der Waals surface area contributed by atoms with Crippen LogP contribution in [0.4, 0.5) is 0 Å². The van der Waals surface area contributed by atoms with Crippen molar-refractivity contribution < 1.29 is 17.9 Å². The standard InChI is InChI=1S/C9H10N4O4S2/c1-17-9(14)8-6(2-3-18-8)19(15,16)12-4-7-10-5-11-13-7/h2-3,5,12H,4H2,1H3,(H,10,11,13). The summed E-state index contributed by atoms with van der Waals surface area (Å²) in [6.07, 6.45) is 1.27. The zero-order chi connectivity index (χ0) is 13.9. The van der Waals surface area contributed by atoms with Crippen molar-refractivity contribution in [1.29, 1.82) is 0 Å². The second-order valence-electron chi connectivity index (χ2n) is 3.36. The molecule has 2 heterocycles. The van der Waals surface area contributed by atoms with Crippen LogP contribution in [0.15, 0.2) is 22.7 Å². The van der Waals surface area contributed by atoms with Gasteiger partial charge in [-0.05, 0) is 11.4 Å². The van der Waals surface area contributed by atoms with Gasteiger partial charge in [0.05, 0.1) is 13.7 Å². The molecule has 0 fully saturated rings. The Morgan fingerprint density at radius 1 is 1.58 bits per heavy atom. The van der Waals surface area contributed by atoms with Crippen molar-refractivity contribution in [3.8, 4) is 0 Å². The predicted octanol–water partition coefficient (Wildman–Crippen LogP) is 0.131. The molecule has 0 saturated heterocycles. The highest BCUT2D eigenvalue weighted by Crippen LogP contribution is 2.22. The first-order chi connectivity index (χ1) is 9.04. The van der Waals surface area contributed by atoms with Crippen LogP contribution in [0.5, 0.6) is 0 Å². The number of H-pyrrole nitrogens is 1. The fraction of sp³-hybridized carbons (Fsp3) is 0.222. The smallest absolute Gasteiger partial charge is 0.349 e. The molecule has 0 aliphatic rings. The maximum Gasteiger partial charge on any atom is 0.349 e. The van der Waals surface area contributed by atoms with Crippen LogP contribution in [0.3, 0.4) is 0 Å². The number of nitrogens with zero attached hydrogens (tertiary/aromatic N) is 2. The summed E-state index contributed by atoms with van der Waals surface area (Å²) in [5.41, 5.74) is 0. The van der Waals surface area contributed by atoms with Crippen LogP contribution in [-0.4, -0.2) is 36.7 Å². The summed E-state index contributed by atoms with van der Waals surface area (Å²) in [6.45, 7) is -0.0429. The van der Waals surface area contributed by atoms with Crippen molar-refractivity contribution in [3.63, 3.8) is 0 Å². The molecule has 10 heteroatoms. The Morgan fingerprint density at radius 3 is 3.00 bits per heavy atom. The SMILES string of the molecule is COC(=O)c1sccc1S(=O)(=O)NCc1ncn[nH]1. The molecule has 0 amide bonds. The van der Waals surface area contributed by atoms with Gasteiger partial charge in [-0.2, -0.15) is 5.10 Å². The Morgan fingerprint density at radius 2 is 2.37 bits per heavy atom. The molecule has 0 aromatic carbocycles. The average Bonchev–Trinajstić information content (AvgIpc) is 3.06. The largest absolute Gasteiger partial charge is 0.465 e. The van der Waals surface area contributed by atoms with Crippen LogP contribution < -0.4 is 4.72 Å². The van der Waals surface area contributed by atoms with E-state index in [1.807, 2.05) is 0 Å². The number of aromatic amines is 1. The predicted molar refractivity (Wildman–Crippen MR) is 66.1 cm³/mol. The molecular formula is C9H10N4O4S2. The first-order valence-corrected chi connectivity index (χ1v) is 7.40. The van der Waals surface area contributed by atoms with Gasteiger partial charge in [0.15, 0.2) is 0 Å². The summed E-state index contributed by atoms with van der Waals surface area (Å²) < 4.78 is 31.0. The van der Waals surface area contributed by atoms with E-state index in [1.54, 1.807) is 0 Å². The molecule has 19 heavy (non-hydrogen) atoms. The Hall–Kier alpha value is -1.78. The fourth-order valence-corrected chi connectivity index (χ4v) is 3.63. The van der Waals surface area contributed by atoms with Crippen molar-refractivity contribution in [3.05, 3.63) is 28.5 Å². The second kappa shape index (κ2) is 5.47. The summed E-state index contributed by atoms with van der Waals surface area (Å²) in [5.74, 6) is -0.312. The number of aromatic nitrogens is 3. The summed E-state index contributed by atoms with van der Waals surface area (Å²) in [5, 5.41) is 7.64. The van der Waals surface area contributed by atoms with Gasteiger partial charge in [0.25, 0.3) is 0 Å². The number of methoxy groups -OCH3 is 1. The van der Waals surface area contributed by atoms with Crippen molar-refractivity contribution in [2.45, 2.75) is 11.4 Å². The molecule has 0 radical (unpaired) electrons. The Balaban J connectivity index is 2.20. The van der Waals surface area contributed by atoms with Crippen LogP contribution in [-0.2, 0) is 21.3 Å². The van der Waals surface area contributed by atoms with E-state index in [0.717, 1.165) is 11.3 Å². The summed E-state index contributed by atoms with van der Waals surface area (Å²) in [6, 6.07) is 1.35. The first kappa shape index (κ1) is 13.6. The van der Waals surface area contributed by atoms with Crippen LogP contribution in [0.25, 0.3) is 0 Å². The van der Waals surface area contributed by atoms with Gasteiger partial charge < -0.3 is 4.74 Å². The van der Waals surface area contributed by atoms with E-state index in [1.165, 1.54) is 24.9 Å². The van der Waals surface area contributed by atoms with E-state index < -0.39 is 16.0 Å². The Bertz CT molecular complexity index is 662. The average molecular weight is 302 g/mol. The van der Waals surface area contributed by atoms with Gasteiger partial charge in [-0.3, -0.25) is 5.10 Å². The van der Waals surface area contributed by atoms with Gasteiger partial charge in [-0.25, -0.2) is 22.9 Å². The Kier molecular flexibility index (Phi) is 3.93. The summed E-state index contributed by atoms with van der Waals surface area (Å²) in [4.78, 5) is 15.2. The lowest BCUT2D eigenvalue weighted by Crippen LogP contribution is -2.25. The quantitative estimate of drug-likeness (QED) is 0.759. The number of hydrogen-bond acceptors (Lipinski definition) is 7. The molecule has 2 rings (SSSR count). The highest BCUT2D eigenvalue weighted by Gasteiger charge is 2.24. The van der Waals surface area contributed by atoms with Crippen molar-refractivity contribution in [2.75, 3.05) is 7.11 Å². The topological polar surface area (TPSA) is 114 Å². The molecule has 0 spiro atoms. The van der Waals surface area contributed by atoms with E-state index in [9.17, 15) is 13.2 Å². The van der Waals surface area contributed by atoms with Crippen LogP contribution >= 0.6 is 11.3 Å². The number of thiophene rings is 1. The highest BCUT2D eigenvalue weighted by molar-refractivity contribution is 7.89. The van der Waals surface area contributed by atoms with E-state index in [0.29, 0.717) is 5.82 Å². The highest BCUT2D eigenvalue weighted by atomic mass is 32.2. The maximum atomic E-state index is 12.1. The maximum absolute atomic E-state index is 12.1. The molecule has 0 unspecified atom stereocenters. The number of nitrogens with one attached hydrogen (secondary N) is 2. The minimum Gasteiger partial charge on any atom is -0.465 e. The number of sulfonamides is 1. The first-order valence-electron chi connectivity index (χ1n) is 5.04. The van der Waals surface area contributed by atoms with E-state index in [4.69, 9.17) is 0 Å². The van der Waals surface area contributed by atoms with Crippen LogP contribution in [0.2, 0.25) is 0 Å². The van der Waals surface area contributed by atoms with E-state index in [-0.39, 0.29) is 16.3 Å². The van der Waals surface area contributed by atoms with Gasteiger partial charge in [0, 0.05) is 0 Å². The van der Waals surface area contributed by atoms with Crippen molar-refractivity contribution >= 4 is 27.3 Å². The third-order valence-electron chi connectivity index (χ3n) is 2.18. The van der Waals surface area contributed by atoms with Crippen LogP contribution in [0, 0.1) is 0 Å². The van der Waals surface area contributed by atoms with Gasteiger partial charge >= 0.3 is 5.97 Å². The third kappa shape index (κ3) is 2.97. The molecule has 0 atom stereocenters. The molecular weight excluding hydrogens is 292 g/mol. The number of hydrogen-bond donors (Lipinski definition) is 2. The molecule has 0 saturated carbocycles.